The molecule has 0 bridgehead atoms. The van der Waals surface area contributed by atoms with Crippen molar-refractivity contribution in [1.29, 1.82) is 0 Å². The molecule has 2 aromatic rings. The number of nitrogens with two attached hydrogens (primary N) is 2. The van der Waals surface area contributed by atoms with Gasteiger partial charge in [-0.1, -0.05) is 40.2 Å². The number of fused-ring (bicyclic) bond motifs is 1. The Bertz CT molecular complexity index is 672. The third kappa shape index (κ3) is 2.30. The minimum Gasteiger partial charge on any atom is -0.290 e. The standard InChI is InChI=1S/C12H11BrN4O2/c13-9-5-8(11(18)16-14)10(12(19)17-15)7-4-2-1-3-6(7)9/h1-5H,14-15H2,(H,16,18)(H,17,19). The highest BCUT2D eigenvalue weighted by molar-refractivity contribution is 9.10. The SMILES string of the molecule is NNC(=O)c1cc(Br)c2ccccc2c1C(=O)NN. The van der Waals surface area contributed by atoms with E-state index in [9.17, 15) is 9.59 Å². The molecule has 19 heavy (non-hydrogen) atoms. The quantitative estimate of drug-likeness (QED) is 0.372. The Morgan fingerprint density at radius 1 is 1.00 bits per heavy atom. The number of hydrazine groups is 2. The first-order chi connectivity index (χ1) is 9.10. The summed E-state index contributed by atoms with van der Waals surface area (Å²) in [5, 5.41) is 1.41. The molecular weight excluding hydrogens is 312 g/mol. The summed E-state index contributed by atoms with van der Waals surface area (Å²) in [6.45, 7) is 0. The van der Waals surface area contributed by atoms with E-state index in [2.05, 4.69) is 15.9 Å². The van der Waals surface area contributed by atoms with Crippen LogP contribution in [0.1, 0.15) is 20.7 Å². The molecule has 6 N–H and O–H groups in total. The van der Waals surface area contributed by atoms with E-state index in [1.54, 1.807) is 12.1 Å². The van der Waals surface area contributed by atoms with Gasteiger partial charge in [-0.25, -0.2) is 11.7 Å². The van der Waals surface area contributed by atoms with Crippen molar-refractivity contribution in [3.05, 3.63) is 45.9 Å². The molecule has 0 fully saturated rings. The summed E-state index contributed by atoms with van der Waals surface area (Å²) in [6, 6.07) is 8.70. The molecule has 2 rings (SSSR count). The molecule has 0 aliphatic carbocycles. The minimum atomic E-state index is -0.565. The largest absolute Gasteiger partial charge is 0.290 e. The fraction of sp³-hybridized carbons (Fsp3) is 0. The second-order valence-electron chi connectivity index (χ2n) is 3.77. The molecule has 0 aromatic heterocycles. The number of carbonyl (C=O) groups is 2. The van der Waals surface area contributed by atoms with Crippen LogP contribution in [0, 0.1) is 0 Å². The number of halogens is 1. The highest BCUT2D eigenvalue weighted by Gasteiger charge is 2.20. The third-order valence-electron chi connectivity index (χ3n) is 2.73. The first-order valence-electron chi connectivity index (χ1n) is 5.33. The van der Waals surface area contributed by atoms with Crippen LogP contribution in [0.15, 0.2) is 34.8 Å². The molecule has 0 saturated heterocycles. The van der Waals surface area contributed by atoms with Crippen LogP contribution in [0.5, 0.6) is 0 Å². The Hall–Kier alpha value is -1.96. The summed E-state index contributed by atoms with van der Waals surface area (Å²) < 4.78 is 0.690. The van der Waals surface area contributed by atoms with Crippen LogP contribution < -0.4 is 22.5 Å². The fourth-order valence-corrected chi connectivity index (χ4v) is 2.48. The zero-order chi connectivity index (χ0) is 14.0. The average molecular weight is 323 g/mol. The highest BCUT2D eigenvalue weighted by atomic mass is 79.9. The van der Waals surface area contributed by atoms with Crippen LogP contribution >= 0.6 is 15.9 Å². The molecule has 0 atom stereocenters. The summed E-state index contributed by atoms with van der Waals surface area (Å²) in [5.41, 5.74) is 4.38. The van der Waals surface area contributed by atoms with E-state index in [1.807, 2.05) is 23.0 Å². The fourth-order valence-electron chi connectivity index (χ4n) is 1.90. The Morgan fingerprint density at radius 2 is 1.58 bits per heavy atom. The normalized spacial score (nSPS) is 10.3. The van der Waals surface area contributed by atoms with Gasteiger partial charge in [0.15, 0.2) is 0 Å². The maximum atomic E-state index is 11.9. The smallest absolute Gasteiger partial charge is 0.266 e. The molecule has 7 heteroatoms. The number of benzene rings is 2. The number of nitrogens with one attached hydrogen (secondary N) is 2. The molecule has 6 nitrogen and oxygen atoms in total. The molecular formula is C12H11BrN4O2. The van der Waals surface area contributed by atoms with Crippen molar-refractivity contribution in [2.75, 3.05) is 0 Å². The predicted molar refractivity (Wildman–Crippen MR) is 75.0 cm³/mol. The summed E-state index contributed by atoms with van der Waals surface area (Å²) >= 11 is 3.37. The number of hydrogen-bond donors (Lipinski definition) is 4. The van der Waals surface area contributed by atoms with Crippen LogP contribution in [0.2, 0.25) is 0 Å². The molecule has 0 heterocycles. The molecule has 0 spiro atoms. The lowest BCUT2D eigenvalue weighted by atomic mass is 9.98. The van der Waals surface area contributed by atoms with Crippen LogP contribution in [0.3, 0.4) is 0 Å². The van der Waals surface area contributed by atoms with Crippen molar-refractivity contribution in [3.63, 3.8) is 0 Å². The Labute approximate surface area is 117 Å². The zero-order valence-electron chi connectivity index (χ0n) is 9.74. The van der Waals surface area contributed by atoms with Crippen LogP contribution in [-0.4, -0.2) is 11.8 Å². The zero-order valence-corrected chi connectivity index (χ0v) is 11.3. The van der Waals surface area contributed by atoms with Crippen molar-refractivity contribution in [3.8, 4) is 0 Å². The lowest BCUT2D eigenvalue weighted by molar-refractivity contribution is 0.0921. The second-order valence-corrected chi connectivity index (χ2v) is 4.63. The first-order valence-corrected chi connectivity index (χ1v) is 6.12. The van der Waals surface area contributed by atoms with E-state index in [-0.39, 0.29) is 11.1 Å². The number of nitrogen functional groups attached to an aromatic ring is 2. The van der Waals surface area contributed by atoms with E-state index < -0.39 is 11.8 Å². The third-order valence-corrected chi connectivity index (χ3v) is 3.38. The van der Waals surface area contributed by atoms with E-state index in [0.717, 1.165) is 5.39 Å². The highest BCUT2D eigenvalue weighted by Crippen LogP contribution is 2.30. The van der Waals surface area contributed by atoms with Gasteiger partial charge in [-0.2, -0.15) is 0 Å². The van der Waals surface area contributed by atoms with E-state index >= 15 is 0 Å². The lowest BCUT2D eigenvalue weighted by Gasteiger charge is -2.12. The van der Waals surface area contributed by atoms with Crippen molar-refractivity contribution in [2.45, 2.75) is 0 Å². The summed E-state index contributed by atoms with van der Waals surface area (Å²) in [7, 11) is 0. The molecule has 98 valence electrons. The average Bonchev–Trinajstić information content (AvgIpc) is 2.45. The van der Waals surface area contributed by atoms with E-state index in [4.69, 9.17) is 11.7 Å². The maximum absolute atomic E-state index is 11.9. The predicted octanol–water partition coefficient (Wildman–Crippen LogP) is 0.809. The minimum absolute atomic E-state index is 0.149. The van der Waals surface area contributed by atoms with Crippen molar-refractivity contribution < 1.29 is 9.59 Å². The second kappa shape index (κ2) is 5.35. The van der Waals surface area contributed by atoms with Gasteiger partial charge in [-0.3, -0.25) is 20.4 Å². The van der Waals surface area contributed by atoms with Gasteiger partial charge in [-0.05, 0) is 16.8 Å². The van der Waals surface area contributed by atoms with Crippen LogP contribution in [0.4, 0.5) is 0 Å². The van der Waals surface area contributed by atoms with Crippen molar-refractivity contribution >= 4 is 38.5 Å². The summed E-state index contributed by atoms with van der Waals surface area (Å²) in [6.07, 6.45) is 0. The molecule has 2 aromatic carbocycles. The first kappa shape index (κ1) is 13.5. The molecule has 0 radical (unpaired) electrons. The van der Waals surface area contributed by atoms with Crippen molar-refractivity contribution in [1.82, 2.24) is 10.9 Å². The van der Waals surface area contributed by atoms with Gasteiger partial charge in [0, 0.05) is 4.47 Å². The summed E-state index contributed by atoms with van der Waals surface area (Å²) in [4.78, 5) is 23.7. The number of amides is 2. The van der Waals surface area contributed by atoms with Gasteiger partial charge in [-0.15, -0.1) is 0 Å². The maximum Gasteiger partial charge on any atom is 0.266 e. The summed E-state index contributed by atoms with van der Waals surface area (Å²) in [5.74, 6) is 9.18. The van der Waals surface area contributed by atoms with Gasteiger partial charge in [0.05, 0.1) is 11.1 Å². The van der Waals surface area contributed by atoms with Gasteiger partial charge in [0.2, 0.25) is 0 Å². The van der Waals surface area contributed by atoms with E-state index in [0.29, 0.717) is 9.86 Å². The van der Waals surface area contributed by atoms with Gasteiger partial charge >= 0.3 is 0 Å². The Morgan fingerprint density at radius 3 is 2.16 bits per heavy atom. The molecule has 0 saturated carbocycles. The molecule has 0 aliphatic rings. The molecule has 0 unspecified atom stereocenters. The van der Waals surface area contributed by atoms with Crippen molar-refractivity contribution in [2.24, 2.45) is 11.7 Å². The number of rotatable bonds is 2. The molecule has 0 aliphatic heterocycles. The topological polar surface area (TPSA) is 110 Å². The monoisotopic (exact) mass is 322 g/mol. The van der Waals surface area contributed by atoms with Gasteiger partial charge in [0.25, 0.3) is 11.8 Å². The number of hydrogen-bond acceptors (Lipinski definition) is 4. The van der Waals surface area contributed by atoms with Gasteiger partial charge in [0.1, 0.15) is 0 Å². The van der Waals surface area contributed by atoms with Crippen LogP contribution in [0.25, 0.3) is 10.8 Å². The Balaban J connectivity index is 2.88. The Kier molecular flexibility index (Phi) is 3.79. The van der Waals surface area contributed by atoms with Crippen LogP contribution in [-0.2, 0) is 0 Å². The van der Waals surface area contributed by atoms with Gasteiger partial charge < -0.3 is 0 Å². The molecule has 2 amide bonds. The van der Waals surface area contributed by atoms with E-state index in [1.165, 1.54) is 6.07 Å². The lowest BCUT2D eigenvalue weighted by Crippen LogP contribution is -2.35. The number of carbonyl (C=O) groups excluding carboxylic acids is 2.